The van der Waals surface area contributed by atoms with Crippen LogP contribution in [0.3, 0.4) is 0 Å². The molecule has 1 heterocycles. The third kappa shape index (κ3) is 7.10. The zero-order valence-electron chi connectivity index (χ0n) is 12.7. The molecule has 1 rings (SSSR count). The summed E-state index contributed by atoms with van der Waals surface area (Å²) in [5.74, 6) is 0. The van der Waals surface area contributed by atoms with Crippen LogP contribution in [0, 0.1) is 0 Å². The normalized spacial score (nSPS) is 11.6. The van der Waals surface area contributed by atoms with Crippen LogP contribution in [0.5, 0.6) is 18.0 Å². The van der Waals surface area contributed by atoms with Crippen LogP contribution in [0.1, 0.15) is 20.8 Å². The van der Waals surface area contributed by atoms with Gasteiger partial charge in [-0.05, 0) is 20.8 Å². The maximum Gasteiger partial charge on any atom is 0.326 e. The Kier molecular flexibility index (Phi) is 8.28. The number of hydrogen-bond donors (Lipinski definition) is 0. The monoisotopic (exact) mass is 291 g/mol. The van der Waals surface area contributed by atoms with Gasteiger partial charge < -0.3 is 14.2 Å². The number of rotatable bonds is 9. The van der Waals surface area contributed by atoms with Crippen LogP contribution in [0.4, 0.5) is 0 Å². The van der Waals surface area contributed by atoms with Gasteiger partial charge in [0, 0.05) is 0 Å². The summed E-state index contributed by atoms with van der Waals surface area (Å²) in [6, 6.07) is 0.525. The van der Waals surface area contributed by atoms with Crippen molar-refractivity contribution < 1.29 is 14.2 Å². The van der Waals surface area contributed by atoms with Gasteiger partial charge in [-0.1, -0.05) is 36.5 Å². The van der Waals surface area contributed by atoms with E-state index in [1.54, 1.807) is 0 Å². The fraction of sp³-hybridized carbons (Fsp3) is 0.400. The average molecular weight is 291 g/mol. The van der Waals surface area contributed by atoms with Gasteiger partial charge in [0.05, 0.1) is 0 Å². The quantitative estimate of drug-likeness (QED) is 0.652. The third-order valence-corrected chi connectivity index (χ3v) is 2.21. The molecule has 0 aromatic carbocycles. The van der Waals surface area contributed by atoms with Crippen molar-refractivity contribution in [3.8, 4) is 18.0 Å². The van der Waals surface area contributed by atoms with Crippen LogP contribution < -0.4 is 14.2 Å². The standard InChI is InChI=1S/C15H21N3O3/c1-4-7-10-19-13-16-14(20-11-8-5-2)18-15(17-13)21-12-9-6-3/h4-9H,10-12H2,1-3H3. The lowest BCUT2D eigenvalue weighted by Gasteiger charge is -2.07. The summed E-state index contributed by atoms with van der Waals surface area (Å²) in [4.78, 5) is 12.2. The molecule has 6 heteroatoms. The van der Waals surface area contributed by atoms with Crippen LogP contribution in [-0.2, 0) is 0 Å². The molecule has 0 radical (unpaired) electrons. The number of ether oxygens (including phenoxy) is 3. The Balaban J connectivity index is 2.78. The lowest BCUT2D eigenvalue weighted by molar-refractivity contribution is 0.268. The van der Waals surface area contributed by atoms with Crippen LogP contribution in [0.2, 0.25) is 0 Å². The lowest BCUT2D eigenvalue weighted by atomic mass is 10.5. The highest BCUT2D eigenvalue weighted by molar-refractivity contribution is 5.10. The van der Waals surface area contributed by atoms with Crippen molar-refractivity contribution in [2.45, 2.75) is 20.8 Å². The van der Waals surface area contributed by atoms with E-state index in [4.69, 9.17) is 14.2 Å². The molecule has 0 bridgehead atoms. The largest absolute Gasteiger partial charge is 0.459 e. The summed E-state index contributed by atoms with van der Waals surface area (Å²) in [6.45, 7) is 6.87. The predicted octanol–water partition coefficient (Wildman–Crippen LogP) is 2.74. The van der Waals surface area contributed by atoms with E-state index in [0.29, 0.717) is 19.8 Å². The van der Waals surface area contributed by atoms with E-state index in [1.165, 1.54) is 0 Å². The molecule has 0 aliphatic carbocycles. The van der Waals surface area contributed by atoms with E-state index < -0.39 is 0 Å². The van der Waals surface area contributed by atoms with Crippen LogP contribution in [0.15, 0.2) is 36.5 Å². The average Bonchev–Trinajstić information content (AvgIpc) is 2.48. The van der Waals surface area contributed by atoms with E-state index in [9.17, 15) is 0 Å². The second-order valence-electron chi connectivity index (χ2n) is 3.82. The molecule has 0 spiro atoms. The maximum absolute atomic E-state index is 5.40. The van der Waals surface area contributed by atoms with Gasteiger partial charge in [-0.15, -0.1) is 15.0 Å². The van der Waals surface area contributed by atoms with Gasteiger partial charge in [0.1, 0.15) is 19.8 Å². The Hall–Kier alpha value is -2.37. The molecule has 6 nitrogen and oxygen atoms in total. The minimum absolute atomic E-state index is 0.175. The van der Waals surface area contributed by atoms with E-state index in [0.717, 1.165) is 0 Å². The van der Waals surface area contributed by atoms with Crippen molar-refractivity contribution in [3.05, 3.63) is 36.5 Å². The molecule has 0 aliphatic heterocycles. The zero-order chi connectivity index (χ0) is 15.3. The van der Waals surface area contributed by atoms with Crippen molar-refractivity contribution in [2.75, 3.05) is 19.8 Å². The zero-order valence-corrected chi connectivity index (χ0v) is 12.7. The lowest BCUT2D eigenvalue weighted by Crippen LogP contribution is -2.07. The molecule has 0 saturated heterocycles. The topological polar surface area (TPSA) is 66.4 Å². The number of allylic oxidation sites excluding steroid dienone is 3. The molecule has 0 aliphatic rings. The molecule has 0 atom stereocenters. The SMILES string of the molecule is CC=CCOc1nc(OCC=CC)nc(OCC=CC)n1. The van der Waals surface area contributed by atoms with Crippen LogP contribution in [0.25, 0.3) is 0 Å². The van der Waals surface area contributed by atoms with Crippen molar-refractivity contribution in [1.29, 1.82) is 0 Å². The Bertz CT molecular complexity index is 415. The predicted molar refractivity (Wildman–Crippen MR) is 80.8 cm³/mol. The minimum atomic E-state index is 0.175. The summed E-state index contributed by atoms with van der Waals surface area (Å²) in [5.41, 5.74) is 0. The molecule has 1 aromatic rings. The summed E-state index contributed by atoms with van der Waals surface area (Å²) >= 11 is 0. The molecule has 21 heavy (non-hydrogen) atoms. The molecule has 0 unspecified atom stereocenters. The Morgan fingerprint density at radius 1 is 0.619 bits per heavy atom. The minimum Gasteiger partial charge on any atom is -0.459 e. The van der Waals surface area contributed by atoms with Crippen molar-refractivity contribution in [1.82, 2.24) is 15.0 Å². The highest BCUT2D eigenvalue weighted by Crippen LogP contribution is 2.14. The summed E-state index contributed by atoms with van der Waals surface area (Å²) in [5, 5.41) is 0. The highest BCUT2D eigenvalue weighted by Gasteiger charge is 2.09. The van der Waals surface area contributed by atoms with Crippen LogP contribution >= 0.6 is 0 Å². The van der Waals surface area contributed by atoms with Gasteiger partial charge in [0.15, 0.2) is 0 Å². The van der Waals surface area contributed by atoms with E-state index in [-0.39, 0.29) is 18.0 Å². The first-order valence-electron chi connectivity index (χ1n) is 6.78. The second-order valence-corrected chi connectivity index (χ2v) is 3.82. The maximum atomic E-state index is 5.40. The Morgan fingerprint density at radius 3 is 1.14 bits per heavy atom. The number of hydrogen-bond acceptors (Lipinski definition) is 6. The fourth-order valence-corrected chi connectivity index (χ4v) is 1.17. The summed E-state index contributed by atoms with van der Waals surface area (Å²) in [6.07, 6.45) is 11.2. The second kappa shape index (κ2) is 10.4. The van der Waals surface area contributed by atoms with Gasteiger partial charge in [-0.2, -0.15) is 0 Å². The van der Waals surface area contributed by atoms with Crippen molar-refractivity contribution in [2.24, 2.45) is 0 Å². The van der Waals surface area contributed by atoms with Gasteiger partial charge >= 0.3 is 18.0 Å². The molecule has 114 valence electrons. The van der Waals surface area contributed by atoms with Gasteiger partial charge in [-0.3, -0.25) is 0 Å². The number of nitrogens with zero attached hydrogens (tertiary/aromatic N) is 3. The summed E-state index contributed by atoms with van der Waals surface area (Å²) in [7, 11) is 0. The van der Waals surface area contributed by atoms with E-state index >= 15 is 0 Å². The van der Waals surface area contributed by atoms with Crippen molar-refractivity contribution in [3.63, 3.8) is 0 Å². The summed E-state index contributed by atoms with van der Waals surface area (Å²) < 4.78 is 16.2. The first-order chi connectivity index (χ1) is 10.3. The molecule has 0 fully saturated rings. The van der Waals surface area contributed by atoms with Crippen LogP contribution in [-0.4, -0.2) is 34.8 Å². The van der Waals surface area contributed by atoms with Gasteiger partial charge in [-0.25, -0.2) is 0 Å². The van der Waals surface area contributed by atoms with E-state index in [2.05, 4.69) is 15.0 Å². The first-order valence-corrected chi connectivity index (χ1v) is 6.78. The molecule has 0 saturated carbocycles. The molecular weight excluding hydrogens is 270 g/mol. The fourth-order valence-electron chi connectivity index (χ4n) is 1.17. The molecule has 0 amide bonds. The Labute approximate surface area is 125 Å². The number of aromatic nitrogens is 3. The van der Waals surface area contributed by atoms with Gasteiger partial charge in [0.2, 0.25) is 0 Å². The van der Waals surface area contributed by atoms with Crippen molar-refractivity contribution >= 4 is 0 Å². The third-order valence-electron chi connectivity index (χ3n) is 2.21. The van der Waals surface area contributed by atoms with E-state index in [1.807, 2.05) is 57.2 Å². The highest BCUT2D eigenvalue weighted by atomic mass is 16.5. The first kappa shape index (κ1) is 16.7. The van der Waals surface area contributed by atoms with Gasteiger partial charge in [0.25, 0.3) is 0 Å². The smallest absolute Gasteiger partial charge is 0.326 e. The molecular formula is C15H21N3O3. The Morgan fingerprint density at radius 2 is 0.905 bits per heavy atom. The molecule has 1 aromatic heterocycles. The molecule has 0 N–H and O–H groups in total.